The first-order valence-electron chi connectivity index (χ1n) is 7.55. The predicted molar refractivity (Wildman–Crippen MR) is 70.2 cm³/mol. The molecule has 0 aromatic carbocycles. The third-order valence-electron chi connectivity index (χ3n) is 5.22. The van der Waals surface area contributed by atoms with Crippen LogP contribution in [0.5, 0.6) is 0 Å². The minimum Gasteiger partial charge on any atom is -0.469 e. The van der Waals surface area contributed by atoms with Crippen LogP contribution in [0.2, 0.25) is 0 Å². The second-order valence-electron chi connectivity index (χ2n) is 6.50. The molecule has 4 nitrogen and oxygen atoms in total. The second kappa shape index (κ2) is 5.14. The van der Waals surface area contributed by atoms with Crippen molar-refractivity contribution in [3.05, 3.63) is 0 Å². The number of ether oxygens (including phenoxy) is 1. The molecule has 3 saturated carbocycles. The summed E-state index contributed by atoms with van der Waals surface area (Å²) in [5.41, 5.74) is 0. The molecule has 19 heavy (non-hydrogen) atoms. The van der Waals surface area contributed by atoms with Gasteiger partial charge >= 0.3 is 5.97 Å². The van der Waals surface area contributed by atoms with E-state index in [0.717, 1.165) is 50.4 Å². The standard InChI is InChI=1S/C15H23NO3/c1-19-15(18)9-2-4-13(5-3-9)16-14(17)12-7-10-6-11(10)8-12/h9-13H,2-8H2,1H3,(H,16,17). The van der Waals surface area contributed by atoms with Gasteiger partial charge in [0.15, 0.2) is 0 Å². The molecule has 3 aliphatic carbocycles. The number of carbonyl (C=O) groups is 2. The van der Waals surface area contributed by atoms with Gasteiger partial charge in [-0.25, -0.2) is 0 Å². The molecule has 0 aromatic heterocycles. The summed E-state index contributed by atoms with van der Waals surface area (Å²) in [6.45, 7) is 0. The average Bonchev–Trinajstić information content (AvgIpc) is 3.05. The van der Waals surface area contributed by atoms with Crippen molar-refractivity contribution in [2.45, 2.75) is 51.0 Å². The fraction of sp³-hybridized carbons (Fsp3) is 0.867. The summed E-state index contributed by atoms with van der Waals surface area (Å²) in [5, 5.41) is 3.19. The molecule has 0 bridgehead atoms. The summed E-state index contributed by atoms with van der Waals surface area (Å²) in [4.78, 5) is 23.6. The Bertz CT molecular complexity index is 364. The fourth-order valence-electron chi connectivity index (χ4n) is 3.89. The Hall–Kier alpha value is -1.06. The first kappa shape index (κ1) is 12.9. The minimum atomic E-state index is -0.0966. The normalized spacial score (nSPS) is 40.4. The highest BCUT2D eigenvalue weighted by atomic mass is 16.5. The Morgan fingerprint density at radius 1 is 0.947 bits per heavy atom. The average molecular weight is 265 g/mol. The zero-order valence-electron chi connectivity index (χ0n) is 11.6. The number of fused-ring (bicyclic) bond motifs is 1. The largest absolute Gasteiger partial charge is 0.469 e. The Morgan fingerprint density at radius 3 is 2.16 bits per heavy atom. The smallest absolute Gasteiger partial charge is 0.308 e. The maximum Gasteiger partial charge on any atom is 0.308 e. The highest BCUT2D eigenvalue weighted by molar-refractivity contribution is 5.79. The summed E-state index contributed by atoms with van der Waals surface area (Å²) in [7, 11) is 1.45. The van der Waals surface area contributed by atoms with Crippen LogP contribution in [0.4, 0.5) is 0 Å². The monoisotopic (exact) mass is 265 g/mol. The molecule has 4 heteroatoms. The van der Waals surface area contributed by atoms with Gasteiger partial charge in [0.1, 0.15) is 0 Å². The Morgan fingerprint density at radius 2 is 1.58 bits per heavy atom. The number of amides is 1. The lowest BCUT2D eigenvalue weighted by atomic mass is 9.85. The van der Waals surface area contributed by atoms with Crippen LogP contribution >= 0.6 is 0 Å². The lowest BCUT2D eigenvalue weighted by molar-refractivity contribution is -0.146. The van der Waals surface area contributed by atoms with Gasteiger partial charge in [0.2, 0.25) is 5.91 Å². The van der Waals surface area contributed by atoms with E-state index in [4.69, 9.17) is 4.74 Å². The third kappa shape index (κ3) is 2.77. The number of hydrogen-bond donors (Lipinski definition) is 1. The lowest BCUT2D eigenvalue weighted by Crippen LogP contribution is -2.41. The Kier molecular flexibility index (Phi) is 3.50. The van der Waals surface area contributed by atoms with Gasteiger partial charge in [-0.3, -0.25) is 9.59 Å². The van der Waals surface area contributed by atoms with Crippen LogP contribution in [0.1, 0.15) is 44.9 Å². The van der Waals surface area contributed by atoms with Crippen LogP contribution in [0.15, 0.2) is 0 Å². The van der Waals surface area contributed by atoms with Crippen molar-refractivity contribution in [2.24, 2.45) is 23.7 Å². The molecule has 3 rings (SSSR count). The summed E-state index contributed by atoms with van der Waals surface area (Å²) in [6, 6.07) is 0.269. The van der Waals surface area contributed by atoms with Gasteiger partial charge in [-0.2, -0.15) is 0 Å². The first-order chi connectivity index (χ1) is 9.17. The summed E-state index contributed by atoms with van der Waals surface area (Å²) < 4.78 is 4.78. The van der Waals surface area contributed by atoms with Crippen LogP contribution < -0.4 is 5.32 Å². The number of carbonyl (C=O) groups excluding carboxylic acids is 2. The number of nitrogens with one attached hydrogen (secondary N) is 1. The SMILES string of the molecule is COC(=O)C1CCC(NC(=O)C2CC3CC3C2)CC1. The molecule has 0 spiro atoms. The van der Waals surface area contributed by atoms with Crippen molar-refractivity contribution in [1.82, 2.24) is 5.32 Å². The molecule has 0 heterocycles. The van der Waals surface area contributed by atoms with E-state index in [1.165, 1.54) is 13.5 Å². The Balaban J connectivity index is 1.42. The topological polar surface area (TPSA) is 55.4 Å². The van der Waals surface area contributed by atoms with Crippen molar-refractivity contribution in [1.29, 1.82) is 0 Å². The molecular weight excluding hydrogens is 242 g/mol. The molecule has 0 radical (unpaired) electrons. The van der Waals surface area contributed by atoms with Gasteiger partial charge in [0.05, 0.1) is 13.0 Å². The molecule has 2 unspecified atom stereocenters. The summed E-state index contributed by atoms with van der Waals surface area (Å²) >= 11 is 0. The van der Waals surface area contributed by atoms with E-state index >= 15 is 0 Å². The molecule has 3 fully saturated rings. The number of hydrogen-bond acceptors (Lipinski definition) is 3. The number of esters is 1. The van der Waals surface area contributed by atoms with E-state index in [1.807, 2.05) is 0 Å². The molecule has 1 N–H and O–H groups in total. The molecule has 1 amide bonds. The lowest BCUT2D eigenvalue weighted by Gasteiger charge is -2.28. The van der Waals surface area contributed by atoms with Crippen molar-refractivity contribution in [3.63, 3.8) is 0 Å². The first-order valence-corrected chi connectivity index (χ1v) is 7.55. The molecule has 0 aliphatic heterocycles. The second-order valence-corrected chi connectivity index (χ2v) is 6.50. The van der Waals surface area contributed by atoms with Gasteiger partial charge < -0.3 is 10.1 Å². The van der Waals surface area contributed by atoms with Gasteiger partial charge in [-0.05, 0) is 56.8 Å². The number of rotatable bonds is 3. The molecule has 2 atom stereocenters. The van der Waals surface area contributed by atoms with E-state index in [1.54, 1.807) is 0 Å². The highest BCUT2D eigenvalue weighted by Crippen LogP contribution is 2.54. The minimum absolute atomic E-state index is 0.0391. The van der Waals surface area contributed by atoms with Gasteiger partial charge in [-0.1, -0.05) is 0 Å². The maximum absolute atomic E-state index is 12.1. The van der Waals surface area contributed by atoms with Crippen molar-refractivity contribution < 1.29 is 14.3 Å². The molecule has 0 saturated heterocycles. The summed E-state index contributed by atoms with van der Waals surface area (Å²) in [5.74, 6) is 2.17. The highest BCUT2D eigenvalue weighted by Gasteiger charge is 2.48. The molecule has 0 aromatic rings. The van der Waals surface area contributed by atoms with Crippen molar-refractivity contribution >= 4 is 11.9 Å². The van der Waals surface area contributed by atoms with Gasteiger partial charge in [-0.15, -0.1) is 0 Å². The van der Waals surface area contributed by atoms with Gasteiger partial charge in [0, 0.05) is 12.0 Å². The number of methoxy groups -OCH3 is 1. The van der Waals surface area contributed by atoms with Crippen LogP contribution in [0.3, 0.4) is 0 Å². The predicted octanol–water partition coefficient (Wildman–Crippen LogP) is 1.88. The van der Waals surface area contributed by atoms with E-state index in [2.05, 4.69) is 5.32 Å². The molecule has 3 aliphatic rings. The Labute approximate surface area is 114 Å². The van der Waals surface area contributed by atoms with E-state index in [0.29, 0.717) is 0 Å². The van der Waals surface area contributed by atoms with E-state index < -0.39 is 0 Å². The van der Waals surface area contributed by atoms with Gasteiger partial charge in [0.25, 0.3) is 0 Å². The summed E-state index contributed by atoms with van der Waals surface area (Å²) in [6.07, 6.45) is 7.06. The zero-order valence-corrected chi connectivity index (χ0v) is 11.6. The quantitative estimate of drug-likeness (QED) is 0.793. The van der Waals surface area contributed by atoms with E-state index in [9.17, 15) is 9.59 Å². The molecule has 106 valence electrons. The fourth-order valence-corrected chi connectivity index (χ4v) is 3.89. The molecular formula is C15H23NO3. The van der Waals surface area contributed by atoms with Crippen molar-refractivity contribution in [3.8, 4) is 0 Å². The zero-order chi connectivity index (χ0) is 13.4. The van der Waals surface area contributed by atoms with Crippen LogP contribution in [-0.4, -0.2) is 25.0 Å². The van der Waals surface area contributed by atoms with Crippen LogP contribution in [0.25, 0.3) is 0 Å². The van der Waals surface area contributed by atoms with Crippen molar-refractivity contribution in [2.75, 3.05) is 7.11 Å². The maximum atomic E-state index is 12.1. The third-order valence-corrected chi connectivity index (χ3v) is 5.22. The van der Waals surface area contributed by atoms with Crippen LogP contribution in [0, 0.1) is 23.7 Å². The van der Waals surface area contributed by atoms with Crippen LogP contribution in [-0.2, 0) is 14.3 Å². The van der Waals surface area contributed by atoms with E-state index in [-0.39, 0.29) is 29.8 Å².